The van der Waals surface area contributed by atoms with Gasteiger partial charge in [0.05, 0.1) is 13.0 Å². The molecule has 0 radical (unpaired) electrons. The molecule has 21 heavy (non-hydrogen) atoms. The minimum atomic E-state index is -0.422. The van der Waals surface area contributed by atoms with Gasteiger partial charge in [-0.15, -0.1) is 10.2 Å². The Hall–Kier alpha value is -2.35. The highest BCUT2D eigenvalue weighted by atomic mass is 32.1. The van der Waals surface area contributed by atoms with Crippen LogP contribution in [0.2, 0.25) is 0 Å². The van der Waals surface area contributed by atoms with Gasteiger partial charge in [-0.25, -0.2) is 4.39 Å². The quantitative estimate of drug-likeness (QED) is 0.855. The van der Waals surface area contributed by atoms with Gasteiger partial charge in [-0.3, -0.25) is 14.9 Å². The molecule has 0 aliphatic rings. The molecule has 8 heteroatoms. The molecule has 0 bridgehead atoms. The van der Waals surface area contributed by atoms with Crippen LogP contribution >= 0.6 is 11.3 Å². The molecule has 0 saturated heterocycles. The maximum Gasteiger partial charge on any atom is 0.312 e. The van der Waals surface area contributed by atoms with E-state index in [1.807, 2.05) is 0 Å². The fraction of sp³-hybridized carbons (Fsp3) is 0.231. The molecule has 0 spiro atoms. The molecule has 1 aromatic carbocycles. The molecule has 1 aromatic heterocycles. The first-order valence-corrected chi connectivity index (χ1v) is 6.95. The molecule has 0 atom stereocenters. The van der Waals surface area contributed by atoms with E-state index in [4.69, 9.17) is 4.74 Å². The maximum atomic E-state index is 12.8. The average molecular weight is 309 g/mol. The molecule has 1 N–H and O–H groups in total. The summed E-state index contributed by atoms with van der Waals surface area (Å²) in [5.74, 6) is -1.24. The normalized spacial score (nSPS) is 10.2. The number of nitrogens with one attached hydrogen (secondary N) is 1. The second-order valence-electron chi connectivity index (χ2n) is 3.94. The summed E-state index contributed by atoms with van der Waals surface area (Å²) in [6.07, 6.45) is 0.0118. The van der Waals surface area contributed by atoms with E-state index in [1.165, 1.54) is 24.3 Å². The van der Waals surface area contributed by atoms with Gasteiger partial charge in [0.25, 0.3) is 5.91 Å². The van der Waals surface area contributed by atoms with Crippen LogP contribution in [0.25, 0.3) is 0 Å². The van der Waals surface area contributed by atoms with Gasteiger partial charge < -0.3 is 4.74 Å². The average Bonchev–Trinajstić information content (AvgIpc) is 2.86. The summed E-state index contributed by atoms with van der Waals surface area (Å²) in [7, 11) is 0. The van der Waals surface area contributed by atoms with Gasteiger partial charge in [0.2, 0.25) is 5.13 Å². The van der Waals surface area contributed by atoms with Gasteiger partial charge >= 0.3 is 5.97 Å². The highest BCUT2D eigenvalue weighted by Gasteiger charge is 2.13. The summed E-state index contributed by atoms with van der Waals surface area (Å²) in [5.41, 5.74) is 0.304. The van der Waals surface area contributed by atoms with Crippen molar-refractivity contribution in [3.05, 3.63) is 40.7 Å². The first kappa shape index (κ1) is 15.0. The Bertz CT molecular complexity index is 642. The zero-order valence-electron chi connectivity index (χ0n) is 11.1. The van der Waals surface area contributed by atoms with Crippen LogP contribution in [0.5, 0.6) is 0 Å². The van der Waals surface area contributed by atoms with Crippen molar-refractivity contribution < 1.29 is 18.7 Å². The van der Waals surface area contributed by atoms with Gasteiger partial charge in [0, 0.05) is 5.56 Å². The second-order valence-corrected chi connectivity index (χ2v) is 5.01. The van der Waals surface area contributed by atoms with Crippen LogP contribution < -0.4 is 5.32 Å². The van der Waals surface area contributed by atoms with E-state index < -0.39 is 17.7 Å². The van der Waals surface area contributed by atoms with E-state index in [9.17, 15) is 14.0 Å². The number of benzene rings is 1. The van der Waals surface area contributed by atoms with E-state index in [0.717, 1.165) is 11.3 Å². The van der Waals surface area contributed by atoms with Crippen LogP contribution in [-0.2, 0) is 16.0 Å². The number of anilines is 1. The van der Waals surface area contributed by atoms with Gasteiger partial charge in [0.15, 0.2) is 0 Å². The SMILES string of the molecule is CCOC(=O)Cc1nnc(NC(=O)c2ccc(F)cc2)s1. The summed E-state index contributed by atoms with van der Waals surface area (Å²) >= 11 is 1.08. The highest BCUT2D eigenvalue weighted by molar-refractivity contribution is 7.15. The lowest BCUT2D eigenvalue weighted by Crippen LogP contribution is -2.11. The zero-order valence-corrected chi connectivity index (χ0v) is 11.9. The predicted molar refractivity (Wildman–Crippen MR) is 74.6 cm³/mol. The molecule has 2 aromatic rings. The van der Waals surface area contributed by atoms with Crippen LogP contribution in [0.3, 0.4) is 0 Å². The molecular weight excluding hydrogens is 297 g/mol. The van der Waals surface area contributed by atoms with E-state index in [-0.39, 0.29) is 11.6 Å². The van der Waals surface area contributed by atoms with E-state index in [1.54, 1.807) is 6.92 Å². The highest BCUT2D eigenvalue weighted by Crippen LogP contribution is 2.17. The molecule has 0 unspecified atom stereocenters. The largest absolute Gasteiger partial charge is 0.466 e. The monoisotopic (exact) mass is 309 g/mol. The summed E-state index contributed by atoms with van der Waals surface area (Å²) in [4.78, 5) is 23.2. The van der Waals surface area contributed by atoms with Crippen molar-refractivity contribution in [3.63, 3.8) is 0 Å². The molecule has 0 aliphatic carbocycles. The lowest BCUT2D eigenvalue weighted by atomic mass is 10.2. The number of carbonyl (C=O) groups excluding carboxylic acids is 2. The van der Waals surface area contributed by atoms with Crippen LogP contribution in [-0.4, -0.2) is 28.7 Å². The fourth-order valence-electron chi connectivity index (χ4n) is 1.48. The Balaban J connectivity index is 1.97. The first-order valence-electron chi connectivity index (χ1n) is 6.13. The van der Waals surface area contributed by atoms with Crippen molar-refractivity contribution in [2.45, 2.75) is 13.3 Å². The molecule has 1 amide bonds. The number of halogens is 1. The van der Waals surface area contributed by atoms with Gasteiger partial charge in [-0.05, 0) is 31.2 Å². The maximum absolute atomic E-state index is 12.8. The number of carbonyl (C=O) groups is 2. The minimum Gasteiger partial charge on any atom is -0.466 e. The van der Waals surface area contributed by atoms with Crippen LogP contribution in [0.15, 0.2) is 24.3 Å². The van der Waals surface area contributed by atoms with Gasteiger partial charge in [-0.2, -0.15) is 0 Å². The molecule has 0 saturated carbocycles. The molecule has 2 rings (SSSR count). The molecule has 0 aliphatic heterocycles. The molecule has 1 heterocycles. The van der Waals surface area contributed by atoms with Crippen LogP contribution in [0.4, 0.5) is 9.52 Å². The Morgan fingerprint density at radius 3 is 2.67 bits per heavy atom. The minimum absolute atomic E-state index is 0.0118. The van der Waals surface area contributed by atoms with E-state index in [2.05, 4.69) is 15.5 Å². The first-order chi connectivity index (χ1) is 10.1. The van der Waals surface area contributed by atoms with Crippen molar-refractivity contribution in [1.29, 1.82) is 0 Å². The molecule has 6 nitrogen and oxygen atoms in total. The second kappa shape index (κ2) is 6.89. The van der Waals surface area contributed by atoms with Crippen molar-refractivity contribution >= 4 is 28.3 Å². The van der Waals surface area contributed by atoms with E-state index in [0.29, 0.717) is 17.2 Å². The van der Waals surface area contributed by atoms with Gasteiger partial charge in [0.1, 0.15) is 10.8 Å². The molecule has 110 valence electrons. The third-order valence-electron chi connectivity index (χ3n) is 2.39. The summed E-state index contributed by atoms with van der Waals surface area (Å²) in [6.45, 7) is 2.01. The van der Waals surface area contributed by atoms with Crippen molar-refractivity contribution in [3.8, 4) is 0 Å². The zero-order chi connectivity index (χ0) is 15.2. The number of rotatable bonds is 5. The lowest BCUT2D eigenvalue weighted by Gasteiger charge is -2.00. The Morgan fingerprint density at radius 1 is 1.29 bits per heavy atom. The van der Waals surface area contributed by atoms with Crippen molar-refractivity contribution in [2.24, 2.45) is 0 Å². The summed E-state index contributed by atoms with van der Waals surface area (Å²) in [5, 5.41) is 10.8. The Labute approximate surface area is 124 Å². The van der Waals surface area contributed by atoms with Crippen LogP contribution in [0.1, 0.15) is 22.3 Å². The summed E-state index contributed by atoms with van der Waals surface area (Å²) < 4.78 is 17.6. The number of hydrogen-bond donors (Lipinski definition) is 1. The van der Waals surface area contributed by atoms with Crippen molar-refractivity contribution in [2.75, 3.05) is 11.9 Å². The van der Waals surface area contributed by atoms with Crippen LogP contribution in [0, 0.1) is 5.82 Å². The summed E-state index contributed by atoms with van der Waals surface area (Å²) in [6, 6.07) is 5.12. The van der Waals surface area contributed by atoms with Gasteiger partial charge in [-0.1, -0.05) is 11.3 Å². The molecule has 0 fully saturated rings. The number of amides is 1. The van der Waals surface area contributed by atoms with E-state index >= 15 is 0 Å². The fourth-order valence-corrected chi connectivity index (χ4v) is 2.20. The standard InChI is InChI=1S/C13H12FN3O3S/c1-2-20-11(18)7-10-16-17-13(21-10)15-12(19)8-3-5-9(14)6-4-8/h3-6H,2,7H2,1H3,(H,15,17,19). The van der Waals surface area contributed by atoms with Crippen molar-refractivity contribution in [1.82, 2.24) is 10.2 Å². The molecular formula is C13H12FN3O3S. The number of esters is 1. The lowest BCUT2D eigenvalue weighted by molar-refractivity contribution is -0.142. The third-order valence-corrected chi connectivity index (χ3v) is 3.23. The number of hydrogen-bond acceptors (Lipinski definition) is 6. The predicted octanol–water partition coefficient (Wildman–Crippen LogP) is 2.04. The Kier molecular flexibility index (Phi) is 4.94. The number of ether oxygens (including phenoxy) is 1. The third kappa shape index (κ3) is 4.32. The Morgan fingerprint density at radius 2 is 2.00 bits per heavy atom. The smallest absolute Gasteiger partial charge is 0.312 e. The number of aromatic nitrogens is 2. The number of nitrogens with zero attached hydrogens (tertiary/aromatic N) is 2. The topological polar surface area (TPSA) is 81.2 Å².